The van der Waals surface area contributed by atoms with Gasteiger partial charge in [-0.3, -0.25) is 14.5 Å². The fourth-order valence-electron chi connectivity index (χ4n) is 3.52. The summed E-state index contributed by atoms with van der Waals surface area (Å²) in [5.41, 5.74) is 1.35. The number of nitrogens with zero attached hydrogens (tertiary/aromatic N) is 4. The molecule has 1 unspecified atom stereocenters. The summed E-state index contributed by atoms with van der Waals surface area (Å²) in [5.74, 6) is -0.0327. The monoisotopic (exact) mass is 342 g/mol. The highest BCUT2D eigenvalue weighted by Gasteiger charge is 2.50. The lowest BCUT2D eigenvalue weighted by Crippen LogP contribution is -2.67. The van der Waals surface area contributed by atoms with Crippen molar-refractivity contribution >= 4 is 5.91 Å². The Morgan fingerprint density at radius 1 is 1.36 bits per heavy atom. The van der Waals surface area contributed by atoms with E-state index in [0.29, 0.717) is 32.0 Å². The number of aromatic nitrogens is 3. The van der Waals surface area contributed by atoms with Gasteiger partial charge >= 0.3 is 0 Å². The maximum atomic E-state index is 12.4. The highest BCUT2D eigenvalue weighted by atomic mass is 16.5. The zero-order valence-corrected chi connectivity index (χ0v) is 14.3. The Balaban J connectivity index is 1.31. The van der Waals surface area contributed by atoms with Crippen molar-refractivity contribution in [3.63, 3.8) is 0 Å². The van der Waals surface area contributed by atoms with Gasteiger partial charge in [0, 0.05) is 38.7 Å². The molecule has 2 fully saturated rings. The van der Waals surface area contributed by atoms with Gasteiger partial charge in [-0.2, -0.15) is 5.10 Å². The van der Waals surface area contributed by atoms with Crippen LogP contribution in [0.1, 0.15) is 28.9 Å². The van der Waals surface area contributed by atoms with E-state index >= 15 is 0 Å². The minimum atomic E-state index is -0.258. The number of amides is 1. The number of likely N-dealkylation sites (tertiary alicyclic amines) is 1. The molecule has 7 heteroatoms. The summed E-state index contributed by atoms with van der Waals surface area (Å²) in [6, 6.07) is 5.67. The number of rotatable bonds is 4. The van der Waals surface area contributed by atoms with Crippen LogP contribution < -0.4 is 0 Å². The number of carbonyl (C=O) groups is 1. The van der Waals surface area contributed by atoms with E-state index in [1.165, 1.54) is 0 Å². The van der Waals surface area contributed by atoms with Crippen LogP contribution in [-0.4, -0.2) is 57.0 Å². The van der Waals surface area contributed by atoms with Crippen LogP contribution in [0, 0.1) is 0 Å². The van der Waals surface area contributed by atoms with Crippen molar-refractivity contribution in [1.82, 2.24) is 19.7 Å². The second-order valence-electron chi connectivity index (χ2n) is 6.85. The molecular weight excluding hydrogens is 320 g/mol. The molecule has 0 aliphatic carbocycles. The number of carbonyl (C=O) groups excluding carboxylic acids is 1. The van der Waals surface area contributed by atoms with E-state index in [4.69, 9.17) is 9.47 Å². The molecule has 4 rings (SSSR count). The maximum absolute atomic E-state index is 12.4. The average molecular weight is 342 g/mol. The Hall–Kier alpha value is -2.25. The summed E-state index contributed by atoms with van der Waals surface area (Å²) in [7, 11) is 1.81. The Labute approximate surface area is 146 Å². The Morgan fingerprint density at radius 3 is 2.88 bits per heavy atom. The van der Waals surface area contributed by atoms with Crippen molar-refractivity contribution in [3.8, 4) is 0 Å². The van der Waals surface area contributed by atoms with Gasteiger partial charge in [-0.25, -0.2) is 0 Å². The number of hydrogen-bond acceptors (Lipinski definition) is 5. The molecule has 7 nitrogen and oxygen atoms in total. The van der Waals surface area contributed by atoms with E-state index in [2.05, 4.69) is 10.1 Å². The zero-order valence-electron chi connectivity index (χ0n) is 14.3. The van der Waals surface area contributed by atoms with Gasteiger partial charge in [0.25, 0.3) is 5.91 Å². The van der Waals surface area contributed by atoms with E-state index < -0.39 is 0 Å². The van der Waals surface area contributed by atoms with Crippen LogP contribution in [0.3, 0.4) is 0 Å². The van der Waals surface area contributed by atoms with Crippen LogP contribution in [-0.2, 0) is 23.1 Å². The normalized spacial score (nSPS) is 22.0. The van der Waals surface area contributed by atoms with Gasteiger partial charge in [0.05, 0.1) is 25.8 Å². The number of aryl methyl sites for hydroxylation is 1. The molecule has 2 aromatic rings. The minimum Gasteiger partial charge on any atom is -0.373 e. The van der Waals surface area contributed by atoms with Crippen molar-refractivity contribution in [2.45, 2.75) is 31.2 Å². The molecule has 1 amide bonds. The van der Waals surface area contributed by atoms with Gasteiger partial charge in [-0.1, -0.05) is 0 Å². The number of ether oxygens (including phenoxy) is 2. The van der Waals surface area contributed by atoms with Crippen molar-refractivity contribution in [2.24, 2.45) is 7.05 Å². The van der Waals surface area contributed by atoms with Crippen LogP contribution in [0.4, 0.5) is 0 Å². The fourth-order valence-corrected chi connectivity index (χ4v) is 3.52. The molecule has 0 N–H and O–H groups in total. The van der Waals surface area contributed by atoms with Crippen LogP contribution in [0.2, 0.25) is 0 Å². The van der Waals surface area contributed by atoms with Gasteiger partial charge in [-0.15, -0.1) is 0 Å². The first-order valence-corrected chi connectivity index (χ1v) is 8.57. The van der Waals surface area contributed by atoms with Crippen LogP contribution in [0.15, 0.2) is 36.8 Å². The molecule has 2 aromatic heterocycles. The lowest BCUT2D eigenvalue weighted by atomic mass is 9.84. The molecule has 0 aromatic carbocycles. The van der Waals surface area contributed by atoms with E-state index in [1.807, 2.05) is 19.2 Å². The second-order valence-corrected chi connectivity index (χ2v) is 6.85. The summed E-state index contributed by atoms with van der Waals surface area (Å²) in [4.78, 5) is 18.2. The first-order valence-electron chi connectivity index (χ1n) is 8.57. The van der Waals surface area contributed by atoms with Crippen molar-refractivity contribution in [3.05, 3.63) is 48.0 Å². The molecule has 2 aliphatic rings. The molecule has 2 saturated heterocycles. The van der Waals surface area contributed by atoms with Crippen molar-refractivity contribution < 1.29 is 14.3 Å². The summed E-state index contributed by atoms with van der Waals surface area (Å²) < 4.78 is 13.7. The number of hydrogen-bond donors (Lipinski definition) is 0. The average Bonchev–Trinajstić information content (AvgIpc) is 3.05. The lowest BCUT2D eigenvalue weighted by Gasteiger charge is -2.52. The molecular formula is C18H22N4O3. The lowest BCUT2D eigenvalue weighted by molar-refractivity contribution is -0.188. The van der Waals surface area contributed by atoms with Crippen molar-refractivity contribution in [1.29, 1.82) is 0 Å². The third-order valence-corrected chi connectivity index (χ3v) is 4.86. The Bertz CT molecular complexity index is 740. The summed E-state index contributed by atoms with van der Waals surface area (Å²) in [6.07, 6.45) is 7.21. The SMILES string of the molecule is Cn1ccc(C(=O)N2CC3(CC(OCc4ccncc4)CCO3)C2)n1. The van der Waals surface area contributed by atoms with Crippen LogP contribution in [0.5, 0.6) is 0 Å². The van der Waals surface area contributed by atoms with Gasteiger partial charge in [0.2, 0.25) is 0 Å². The van der Waals surface area contributed by atoms with Gasteiger partial charge in [0.15, 0.2) is 0 Å². The first-order chi connectivity index (χ1) is 12.1. The predicted octanol–water partition coefficient (Wildman–Crippen LogP) is 1.41. The van der Waals surface area contributed by atoms with Crippen LogP contribution in [0.25, 0.3) is 0 Å². The first kappa shape index (κ1) is 16.2. The quantitative estimate of drug-likeness (QED) is 0.840. The highest BCUT2D eigenvalue weighted by molar-refractivity contribution is 5.93. The standard InChI is InChI=1S/C18H22N4O3/c1-21-8-4-16(20-21)17(23)22-12-18(13-22)10-15(5-9-25-18)24-11-14-2-6-19-7-3-14/h2-4,6-8,15H,5,9-13H2,1H3. The van der Waals surface area contributed by atoms with E-state index in [0.717, 1.165) is 18.4 Å². The number of pyridine rings is 1. The van der Waals surface area contributed by atoms with E-state index in [-0.39, 0.29) is 17.6 Å². The smallest absolute Gasteiger partial charge is 0.274 e. The van der Waals surface area contributed by atoms with Crippen molar-refractivity contribution in [2.75, 3.05) is 19.7 Å². The van der Waals surface area contributed by atoms with Gasteiger partial charge < -0.3 is 14.4 Å². The third-order valence-electron chi connectivity index (χ3n) is 4.86. The van der Waals surface area contributed by atoms with E-state index in [9.17, 15) is 4.79 Å². The molecule has 0 saturated carbocycles. The molecule has 2 aliphatic heterocycles. The minimum absolute atomic E-state index is 0.0327. The summed E-state index contributed by atoms with van der Waals surface area (Å²) >= 11 is 0. The maximum Gasteiger partial charge on any atom is 0.274 e. The van der Waals surface area contributed by atoms with E-state index in [1.54, 1.807) is 34.2 Å². The summed E-state index contributed by atoms with van der Waals surface area (Å²) in [5, 5.41) is 4.18. The molecule has 132 valence electrons. The summed E-state index contributed by atoms with van der Waals surface area (Å²) in [6.45, 7) is 2.47. The molecule has 0 radical (unpaired) electrons. The molecule has 0 bridgehead atoms. The van der Waals surface area contributed by atoms with Gasteiger partial charge in [-0.05, 0) is 30.2 Å². The Morgan fingerprint density at radius 2 is 2.16 bits per heavy atom. The zero-order chi connectivity index (χ0) is 17.3. The molecule has 25 heavy (non-hydrogen) atoms. The Kier molecular flexibility index (Phi) is 4.27. The fraction of sp³-hybridized carbons (Fsp3) is 0.500. The molecule has 1 spiro atoms. The predicted molar refractivity (Wildman–Crippen MR) is 89.8 cm³/mol. The second kappa shape index (κ2) is 6.57. The largest absolute Gasteiger partial charge is 0.373 e. The topological polar surface area (TPSA) is 69.5 Å². The molecule has 4 heterocycles. The highest BCUT2D eigenvalue weighted by Crippen LogP contribution is 2.36. The van der Waals surface area contributed by atoms with Gasteiger partial charge in [0.1, 0.15) is 11.3 Å². The van der Waals surface area contributed by atoms with Crippen LogP contribution >= 0.6 is 0 Å². The molecule has 1 atom stereocenters. The third kappa shape index (κ3) is 3.43.